The van der Waals surface area contributed by atoms with Gasteiger partial charge in [-0.3, -0.25) is 4.79 Å². The van der Waals surface area contributed by atoms with Crippen LogP contribution in [0, 0.1) is 17.1 Å². The minimum atomic E-state index is -1.62. The molecule has 2 N–H and O–H groups in total. The largest absolute Gasteiger partial charge is 0.511 e. The molecule has 1 saturated carbocycles. The molecule has 2 aliphatic rings. The number of nitrogens with one attached hydrogen (secondary N) is 1. The molecule has 0 amide bonds. The molecule has 0 unspecified atom stereocenters. The fraction of sp³-hybridized carbons (Fsp3) is 0.389. The van der Waals surface area contributed by atoms with Gasteiger partial charge in [0.1, 0.15) is 17.4 Å². The lowest BCUT2D eigenvalue weighted by Gasteiger charge is -2.31. The number of anilines is 1. The van der Waals surface area contributed by atoms with E-state index >= 15 is 0 Å². The maximum Gasteiger partial charge on any atom is 0.511 e. The molecule has 8 nitrogen and oxygen atoms in total. The van der Waals surface area contributed by atoms with Crippen LogP contribution in [0.1, 0.15) is 24.4 Å². The normalized spacial score (nSPS) is 17.0. The second kappa shape index (κ2) is 6.55. The molecule has 4 rings (SSSR count). The lowest BCUT2D eigenvalue weighted by molar-refractivity contribution is 0.143. The number of fused-ring (bicyclic) bond motifs is 1. The average molecular weight is 372 g/mol. The number of hydrogen-bond donors (Lipinski definition) is 2. The SMILES string of the molecule is N#Cc1c(N2CCNCC2)c(F)cc2c(=O)c(OC(=O)O)cn(C3CC3)c12. The highest BCUT2D eigenvalue weighted by Gasteiger charge is 2.30. The van der Waals surface area contributed by atoms with Gasteiger partial charge in [0, 0.05) is 32.2 Å². The van der Waals surface area contributed by atoms with Gasteiger partial charge < -0.3 is 24.6 Å². The Balaban J connectivity index is 2.02. The summed E-state index contributed by atoms with van der Waals surface area (Å²) in [6, 6.07) is 3.18. The predicted octanol–water partition coefficient (Wildman–Crippen LogP) is 1.81. The zero-order chi connectivity index (χ0) is 19.1. The Morgan fingerprint density at radius 3 is 2.67 bits per heavy atom. The van der Waals surface area contributed by atoms with Crippen LogP contribution in [0.4, 0.5) is 14.9 Å². The van der Waals surface area contributed by atoms with E-state index in [-0.39, 0.29) is 28.4 Å². The van der Waals surface area contributed by atoms with E-state index in [0.717, 1.165) is 18.9 Å². The van der Waals surface area contributed by atoms with Gasteiger partial charge in [0.05, 0.1) is 22.8 Å². The molecule has 1 aliphatic carbocycles. The number of hydrogen-bond acceptors (Lipinski definition) is 6. The highest BCUT2D eigenvalue weighted by Crippen LogP contribution is 2.40. The van der Waals surface area contributed by atoms with E-state index in [0.29, 0.717) is 31.7 Å². The lowest BCUT2D eigenvalue weighted by atomic mass is 10.0. The summed E-state index contributed by atoms with van der Waals surface area (Å²) in [5.74, 6) is -1.06. The van der Waals surface area contributed by atoms with Crippen LogP contribution in [-0.4, -0.2) is 42.0 Å². The highest BCUT2D eigenvalue weighted by molar-refractivity contribution is 5.92. The third-order valence-electron chi connectivity index (χ3n) is 4.89. The quantitative estimate of drug-likeness (QED) is 0.791. The van der Waals surface area contributed by atoms with Gasteiger partial charge in [-0.05, 0) is 18.9 Å². The van der Waals surface area contributed by atoms with E-state index < -0.39 is 17.4 Å². The molecular formula is C18H17FN4O4. The number of aromatic nitrogens is 1. The summed E-state index contributed by atoms with van der Waals surface area (Å²) in [7, 11) is 0. The molecular weight excluding hydrogens is 355 g/mol. The van der Waals surface area contributed by atoms with Crippen molar-refractivity contribution in [3.8, 4) is 11.8 Å². The Kier molecular flexibility index (Phi) is 4.20. The van der Waals surface area contributed by atoms with Crippen molar-refractivity contribution in [2.75, 3.05) is 31.1 Å². The molecule has 1 aromatic heterocycles. The first-order valence-corrected chi connectivity index (χ1v) is 8.69. The van der Waals surface area contributed by atoms with E-state index in [2.05, 4.69) is 16.1 Å². The van der Waals surface area contributed by atoms with Crippen molar-refractivity contribution in [2.45, 2.75) is 18.9 Å². The van der Waals surface area contributed by atoms with E-state index in [1.54, 1.807) is 9.47 Å². The molecule has 1 saturated heterocycles. The van der Waals surface area contributed by atoms with Crippen LogP contribution in [0.15, 0.2) is 17.1 Å². The van der Waals surface area contributed by atoms with E-state index in [1.807, 2.05) is 0 Å². The van der Waals surface area contributed by atoms with Crippen molar-refractivity contribution in [3.63, 3.8) is 0 Å². The summed E-state index contributed by atoms with van der Waals surface area (Å²) in [4.78, 5) is 25.4. The molecule has 2 fully saturated rings. The van der Waals surface area contributed by atoms with Crippen LogP contribution in [0.3, 0.4) is 0 Å². The molecule has 1 aromatic carbocycles. The second-order valence-corrected chi connectivity index (χ2v) is 6.66. The van der Waals surface area contributed by atoms with Crippen molar-refractivity contribution < 1.29 is 19.0 Å². The summed E-state index contributed by atoms with van der Waals surface area (Å²) in [6.07, 6.45) is 1.36. The number of halogens is 1. The molecule has 2 heterocycles. The Morgan fingerprint density at radius 1 is 1.37 bits per heavy atom. The number of carbonyl (C=O) groups is 1. The molecule has 1 aliphatic heterocycles. The van der Waals surface area contributed by atoms with Crippen molar-refractivity contribution in [1.82, 2.24) is 9.88 Å². The molecule has 0 radical (unpaired) electrons. The van der Waals surface area contributed by atoms with Crippen LogP contribution in [0.2, 0.25) is 0 Å². The average Bonchev–Trinajstić information content (AvgIpc) is 3.48. The maximum absolute atomic E-state index is 15.0. The van der Waals surface area contributed by atoms with Crippen LogP contribution in [-0.2, 0) is 0 Å². The van der Waals surface area contributed by atoms with Gasteiger partial charge in [-0.2, -0.15) is 5.26 Å². The number of benzene rings is 1. The zero-order valence-corrected chi connectivity index (χ0v) is 14.4. The number of piperazine rings is 1. The summed E-state index contributed by atoms with van der Waals surface area (Å²) < 4.78 is 21.2. The van der Waals surface area contributed by atoms with Gasteiger partial charge in [-0.1, -0.05) is 0 Å². The lowest BCUT2D eigenvalue weighted by Crippen LogP contribution is -2.44. The van der Waals surface area contributed by atoms with E-state index in [9.17, 15) is 19.2 Å². The second-order valence-electron chi connectivity index (χ2n) is 6.66. The number of pyridine rings is 1. The van der Waals surface area contributed by atoms with Crippen LogP contribution in [0.25, 0.3) is 10.9 Å². The minimum absolute atomic E-state index is 0.0256. The first kappa shape index (κ1) is 17.3. The van der Waals surface area contributed by atoms with Gasteiger partial charge in [-0.25, -0.2) is 9.18 Å². The first-order chi connectivity index (χ1) is 13.0. The highest BCUT2D eigenvalue weighted by atomic mass is 19.1. The Morgan fingerprint density at radius 2 is 2.07 bits per heavy atom. The van der Waals surface area contributed by atoms with Crippen LogP contribution < -0.4 is 20.4 Å². The van der Waals surface area contributed by atoms with Gasteiger partial charge in [-0.15, -0.1) is 0 Å². The summed E-state index contributed by atoms with van der Waals surface area (Å²) in [5.41, 5.74) is -0.130. The molecule has 9 heteroatoms. The van der Waals surface area contributed by atoms with Crippen LogP contribution >= 0.6 is 0 Å². The molecule has 0 spiro atoms. The zero-order valence-electron chi connectivity index (χ0n) is 14.4. The fourth-order valence-electron chi connectivity index (χ4n) is 3.56. The van der Waals surface area contributed by atoms with Crippen molar-refractivity contribution in [2.24, 2.45) is 0 Å². The fourth-order valence-corrected chi connectivity index (χ4v) is 3.56. The van der Waals surface area contributed by atoms with Crippen molar-refractivity contribution >= 4 is 22.7 Å². The monoisotopic (exact) mass is 372 g/mol. The van der Waals surface area contributed by atoms with Crippen LogP contribution in [0.5, 0.6) is 5.75 Å². The smallest absolute Gasteiger partial charge is 0.449 e. The standard InChI is InChI=1S/C18H17FN4O4/c19-13-7-11-15(12(8-20)16(13)22-5-3-21-4-6-22)23(10-1-2-10)9-14(17(11)24)27-18(25)26/h7,9-10,21H,1-6H2,(H,25,26). The van der Waals surface area contributed by atoms with E-state index in [1.165, 1.54) is 6.20 Å². The third-order valence-corrected chi connectivity index (χ3v) is 4.89. The van der Waals surface area contributed by atoms with Gasteiger partial charge in [0.2, 0.25) is 5.43 Å². The summed E-state index contributed by atoms with van der Waals surface area (Å²) >= 11 is 0. The number of carboxylic acid groups (broad SMARTS) is 1. The topological polar surface area (TPSA) is 108 Å². The number of ether oxygens (including phenoxy) is 1. The molecule has 0 atom stereocenters. The number of rotatable bonds is 3. The molecule has 140 valence electrons. The van der Waals surface area contributed by atoms with Gasteiger partial charge >= 0.3 is 6.16 Å². The Hall–Kier alpha value is -3.12. The molecule has 0 bridgehead atoms. The minimum Gasteiger partial charge on any atom is -0.449 e. The summed E-state index contributed by atoms with van der Waals surface area (Å²) in [6.45, 7) is 2.43. The van der Waals surface area contributed by atoms with Gasteiger partial charge in [0.15, 0.2) is 5.75 Å². The third kappa shape index (κ3) is 2.98. The summed E-state index contributed by atoms with van der Waals surface area (Å²) in [5, 5.41) is 21.8. The Bertz CT molecular complexity index is 1030. The maximum atomic E-state index is 15.0. The molecule has 27 heavy (non-hydrogen) atoms. The number of nitrogens with zero attached hydrogens (tertiary/aromatic N) is 3. The number of nitriles is 1. The molecule has 2 aromatic rings. The van der Waals surface area contributed by atoms with Crippen molar-refractivity contribution in [3.05, 3.63) is 33.9 Å². The predicted molar refractivity (Wildman–Crippen MR) is 94.9 cm³/mol. The first-order valence-electron chi connectivity index (χ1n) is 8.69. The van der Waals surface area contributed by atoms with Crippen molar-refractivity contribution in [1.29, 1.82) is 5.26 Å². The van der Waals surface area contributed by atoms with E-state index in [4.69, 9.17) is 5.11 Å². The van der Waals surface area contributed by atoms with Gasteiger partial charge in [0.25, 0.3) is 0 Å². The Labute approximate surface area is 153 Å².